The van der Waals surface area contributed by atoms with Crippen molar-refractivity contribution >= 4 is 0 Å². The molecule has 0 atom stereocenters. The van der Waals surface area contributed by atoms with E-state index in [2.05, 4.69) is 42.5 Å². The molecule has 0 N–H and O–H groups in total. The summed E-state index contributed by atoms with van der Waals surface area (Å²) in [7, 11) is 0. The van der Waals surface area contributed by atoms with E-state index in [1.54, 1.807) is 6.33 Å². The Morgan fingerprint density at radius 1 is 1.45 bits per heavy atom. The second-order valence-electron chi connectivity index (χ2n) is 3.69. The van der Waals surface area contributed by atoms with Crippen molar-refractivity contribution < 1.29 is 0 Å². The highest BCUT2D eigenvalue weighted by Gasteiger charge is 2.19. The van der Waals surface area contributed by atoms with E-state index in [1.807, 2.05) is 0 Å². The molecule has 0 amide bonds. The SMILES string of the molecule is CCn1cnnc1C(C)(C)C. The van der Waals surface area contributed by atoms with Crippen molar-refractivity contribution in [1.29, 1.82) is 0 Å². The van der Waals surface area contributed by atoms with Gasteiger partial charge in [0.05, 0.1) is 0 Å². The summed E-state index contributed by atoms with van der Waals surface area (Å²) in [6.45, 7) is 9.47. The first-order valence-electron chi connectivity index (χ1n) is 3.94. The van der Waals surface area contributed by atoms with Gasteiger partial charge < -0.3 is 4.57 Å². The predicted octanol–water partition coefficient (Wildman–Crippen LogP) is 1.60. The van der Waals surface area contributed by atoms with Gasteiger partial charge in [0.25, 0.3) is 0 Å². The van der Waals surface area contributed by atoms with Gasteiger partial charge in [-0.25, -0.2) is 0 Å². The Balaban J connectivity index is 3.02. The van der Waals surface area contributed by atoms with Crippen LogP contribution in [-0.4, -0.2) is 14.8 Å². The smallest absolute Gasteiger partial charge is 0.138 e. The zero-order valence-electron chi connectivity index (χ0n) is 7.63. The standard InChI is InChI=1S/C8H15N3/c1-5-11-6-9-10-7(11)8(2,3)4/h6H,5H2,1-4H3. The molecule has 0 fully saturated rings. The van der Waals surface area contributed by atoms with E-state index < -0.39 is 0 Å². The normalized spacial score (nSPS) is 12.0. The Morgan fingerprint density at radius 2 is 2.09 bits per heavy atom. The molecule has 1 rings (SSSR count). The van der Waals surface area contributed by atoms with E-state index in [4.69, 9.17) is 0 Å². The summed E-state index contributed by atoms with van der Waals surface area (Å²) < 4.78 is 2.07. The summed E-state index contributed by atoms with van der Waals surface area (Å²) in [5.41, 5.74) is 0.104. The Bertz CT molecular complexity index is 232. The second-order valence-corrected chi connectivity index (χ2v) is 3.69. The van der Waals surface area contributed by atoms with Crippen LogP contribution in [0.4, 0.5) is 0 Å². The summed E-state index contributed by atoms with van der Waals surface area (Å²) >= 11 is 0. The average Bonchev–Trinajstić information content (AvgIpc) is 2.31. The third kappa shape index (κ3) is 1.59. The number of rotatable bonds is 1. The second kappa shape index (κ2) is 2.64. The lowest BCUT2D eigenvalue weighted by Gasteiger charge is -2.17. The van der Waals surface area contributed by atoms with Crippen molar-refractivity contribution in [2.45, 2.75) is 39.7 Å². The van der Waals surface area contributed by atoms with Crippen LogP contribution in [-0.2, 0) is 12.0 Å². The molecular formula is C8H15N3. The zero-order valence-corrected chi connectivity index (χ0v) is 7.63. The maximum absolute atomic E-state index is 4.07. The molecule has 0 saturated carbocycles. The number of aromatic nitrogens is 3. The summed E-state index contributed by atoms with van der Waals surface area (Å²) in [5, 5.41) is 7.94. The molecule has 0 bridgehead atoms. The van der Waals surface area contributed by atoms with Crippen molar-refractivity contribution in [3.05, 3.63) is 12.2 Å². The van der Waals surface area contributed by atoms with Gasteiger partial charge >= 0.3 is 0 Å². The molecule has 1 aromatic heterocycles. The number of hydrogen-bond donors (Lipinski definition) is 0. The first kappa shape index (κ1) is 8.24. The minimum absolute atomic E-state index is 0.104. The topological polar surface area (TPSA) is 30.7 Å². The Hall–Kier alpha value is -0.860. The van der Waals surface area contributed by atoms with Crippen molar-refractivity contribution in [1.82, 2.24) is 14.8 Å². The van der Waals surface area contributed by atoms with Gasteiger partial charge in [-0.05, 0) is 6.92 Å². The van der Waals surface area contributed by atoms with E-state index in [0.717, 1.165) is 12.4 Å². The third-order valence-corrected chi connectivity index (χ3v) is 1.63. The molecule has 1 aromatic rings. The van der Waals surface area contributed by atoms with Crippen molar-refractivity contribution in [3.63, 3.8) is 0 Å². The first-order chi connectivity index (χ1) is 5.05. The highest BCUT2D eigenvalue weighted by atomic mass is 15.3. The molecule has 3 heteroatoms. The lowest BCUT2D eigenvalue weighted by Crippen LogP contribution is -2.18. The van der Waals surface area contributed by atoms with Crippen LogP contribution in [0.2, 0.25) is 0 Å². The van der Waals surface area contributed by atoms with Crippen LogP contribution in [0.15, 0.2) is 6.33 Å². The van der Waals surface area contributed by atoms with Crippen LogP contribution in [0.5, 0.6) is 0 Å². The minimum Gasteiger partial charge on any atom is -0.317 e. The number of hydrogen-bond acceptors (Lipinski definition) is 2. The van der Waals surface area contributed by atoms with Gasteiger partial charge in [-0.1, -0.05) is 20.8 Å². The summed E-state index contributed by atoms with van der Waals surface area (Å²) in [6, 6.07) is 0. The molecule has 0 aliphatic carbocycles. The van der Waals surface area contributed by atoms with E-state index in [0.29, 0.717) is 0 Å². The molecule has 1 heterocycles. The van der Waals surface area contributed by atoms with E-state index in [9.17, 15) is 0 Å². The predicted molar refractivity (Wildman–Crippen MR) is 44.4 cm³/mol. The molecule has 0 aromatic carbocycles. The zero-order chi connectivity index (χ0) is 8.48. The van der Waals surface area contributed by atoms with Gasteiger partial charge in [-0.15, -0.1) is 10.2 Å². The summed E-state index contributed by atoms with van der Waals surface area (Å²) in [4.78, 5) is 0. The minimum atomic E-state index is 0.104. The van der Waals surface area contributed by atoms with Gasteiger partial charge in [-0.2, -0.15) is 0 Å². The molecule has 62 valence electrons. The van der Waals surface area contributed by atoms with Crippen LogP contribution >= 0.6 is 0 Å². The van der Waals surface area contributed by atoms with Gasteiger partial charge in [0.1, 0.15) is 12.2 Å². The fourth-order valence-corrected chi connectivity index (χ4v) is 1.07. The summed E-state index contributed by atoms with van der Waals surface area (Å²) in [6.07, 6.45) is 1.78. The maximum atomic E-state index is 4.07. The van der Waals surface area contributed by atoms with Gasteiger partial charge in [0, 0.05) is 12.0 Å². The lowest BCUT2D eigenvalue weighted by molar-refractivity contribution is 0.505. The van der Waals surface area contributed by atoms with E-state index >= 15 is 0 Å². The molecular weight excluding hydrogens is 138 g/mol. The quantitative estimate of drug-likeness (QED) is 0.613. The van der Waals surface area contributed by atoms with Crippen molar-refractivity contribution in [2.24, 2.45) is 0 Å². The molecule has 0 spiro atoms. The van der Waals surface area contributed by atoms with Gasteiger partial charge in [0.2, 0.25) is 0 Å². The monoisotopic (exact) mass is 153 g/mol. The van der Waals surface area contributed by atoms with Crippen LogP contribution < -0.4 is 0 Å². The van der Waals surface area contributed by atoms with E-state index in [-0.39, 0.29) is 5.41 Å². The highest BCUT2D eigenvalue weighted by Crippen LogP contribution is 2.18. The number of nitrogens with zero attached hydrogens (tertiary/aromatic N) is 3. The summed E-state index contributed by atoms with van der Waals surface area (Å²) in [5.74, 6) is 1.06. The van der Waals surface area contributed by atoms with E-state index in [1.165, 1.54) is 0 Å². The van der Waals surface area contributed by atoms with Gasteiger partial charge in [0.15, 0.2) is 0 Å². The third-order valence-electron chi connectivity index (χ3n) is 1.63. The average molecular weight is 153 g/mol. The molecule has 0 aliphatic rings. The van der Waals surface area contributed by atoms with Crippen molar-refractivity contribution in [3.8, 4) is 0 Å². The number of aryl methyl sites for hydroxylation is 1. The fraction of sp³-hybridized carbons (Fsp3) is 0.750. The molecule has 3 nitrogen and oxygen atoms in total. The van der Waals surface area contributed by atoms with Crippen LogP contribution in [0.1, 0.15) is 33.5 Å². The maximum Gasteiger partial charge on any atom is 0.138 e. The Morgan fingerprint density at radius 3 is 2.45 bits per heavy atom. The molecule has 0 unspecified atom stereocenters. The molecule has 0 saturated heterocycles. The lowest BCUT2D eigenvalue weighted by atomic mass is 9.96. The Kier molecular flexibility index (Phi) is 1.98. The highest BCUT2D eigenvalue weighted by molar-refractivity contribution is 5.00. The van der Waals surface area contributed by atoms with Crippen LogP contribution in [0, 0.1) is 0 Å². The van der Waals surface area contributed by atoms with Crippen molar-refractivity contribution in [2.75, 3.05) is 0 Å². The largest absolute Gasteiger partial charge is 0.317 e. The molecule has 0 radical (unpaired) electrons. The van der Waals surface area contributed by atoms with Crippen LogP contribution in [0.3, 0.4) is 0 Å². The molecule has 0 aliphatic heterocycles. The molecule has 11 heavy (non-hydrogen) atoms. The fourth-order valence-electron chi connectivity index (χ4n) is 1.07. The van der Waals surface area contributed by atoms with Crippen LogP contribution in [0.25, 0.3) is 0 Å². The first-order valence-corrected chi connectivity index (χ1v) is 3.94. The van der Waals surface area contributed by atoms with Gasteiger partial charge in [-0.3, -0.25) is 0 Å². The Labute approximate surface area is 67.4 Å².